The standard InChI is InChI=1S/C18H17FN4O/c19-15-7-12(9-20)6-14(8-15)17(24)23-5-1-3-18(11-23)4-2-13-10-21-22-16(13)18/h6-8,10H,1-5,11H2,(H,21,22). The quantitative estimate of drug-likeness (QED) is 0.876. The molecule has 0 saturated carbocycles. The van der Waals surface area contributed by atoms with Crippen molar-refractivity contribution in [1.82, 2.24) is 15.1 Å². The Morgan fingerprint density at radius 2 is 2.25 bits per heavy atom. The Kier molecular flexibility index (Phi) is 3.38. The van der Waals surface area contributed by atoms with Gasteiger partial charge in [-0.05, 0) is 49.4 Å². The number of aryl methyl sites for hydroxylation is 1. The summed E-state index contributed by atoms with van der Waals surface area (Å²) in [5.41, 5.74) is 2.73. The number of rotatable bonds is 1. The van der Waals surface area contributed by atoms with Gasteiger partial charge in [0.15, 0.2) is 0 Å². The summed E-state index contributed by atoms with van der Waals surface area (Å²) in [4.78, 5) is 14.6. The van der Waals surface area contributed by atoms with E-state index in [0.717, 1.165) is 37.4 Å². The minimum atomic E-state index is -0.555. The summed E-state index contributed by atoms with van der Waals surface area (Å²) in [6, 6.07) is 5.71. The second-order valence-corrected chi connectivity index (χ2v) is 6.72. The fourth-order valence-corrected chi connectivity index (χ4v) is 4.13. The number of nitrogens with zero attached hydrogens (tertiary/aromatic N) is 3. The third-order valence-electron chi connectivity index (χ3n) is 5.26. The molecule has 4 rings (SSSR count). The van der Waals surface area contributed by atoms with Gasteiger partial charge in [-0.15, -0.1) is 0 Å². The molecule has 1 saturated heterocycles. The number of carbonyl (C=O) groups is 1. The van der Waals surface area contributed by atoms with Crippen molar-refractivity contribution in [3.63, 3.8) is 0 Å². The minimum Gasteiger partial charge on any atom is -0.338 e. The molecule has 1 atom stereocenters. The average Bonchev–Trinajstić information content (AvgIpc) is 3.19. The molecule has 1 aromatic carbocycles. The normalized spacial score (nSPS) is 22.4. The van der Waals surface area contributed by atoms with Gasteiger partial charge in [-0.25, -0.2) is 4.39 Å². The van der Waals surface area contributed by atoms with Crippen molar-refractivity contribution in [3.05, 3.63) is 52.6 Å². The lowest BCUT2D eigenvalue weighted by molar-refractivity contribution is 0.0632. The fraction of sp³-hybridized carbons (Fsp3) is 0.389. The number of aromatic amines is 1. The van der Waals surface area contributed by atoms with Crippen LogP contribution in [0.4, 0.5) is 4.39 Å². The van der Waals surface area contributed by atoms with E-state index in [1.165, 1.54) is 17.7 Å². The second kappa shape index (κ2) is 5.45. The molecule has 0 bridgehead atoms. The van der Waals surface area contributed by atoms with Crippen LogP contribution in [-0.4, -0.2) is 34.1 Å². The maximum atomic E-state index is 13.7. The number of carbonyl (C=O) groups excluding carboxylic acids is 1. The molecule has 1 N–H and O–H groups in total. The Hall–Kier alpha value is -2.68. The zero-order chi connectivity index (χ0) is 16.7. The SMILES string of the molecule is N#Cc1cc(F)cc(C(=O)N2CCCC3(CCc4cn[nH]c43)C2)c1. The second-order valence-electron chi connectivity index (χ2n) is 6.72. The number of piperidine rings is 1. The molecule has 1 spiro atoms. The minimum absolute atomic E-state index is 0.0644. The lowest BCUT2D eigenvalue weighted by Crippen LogP contribution is -2.47. The summed E-state index contributed by atoms with van der Waals surface area (Å²) in [7, 11) is 0. The van der Waals surface area contributed by atoms with Crippen LogP contribution in [0.15, 0.2) is 24.4 Å². The van der Waals surface area contributed by atoms with Crippen LogP contribution in [0, 0.1) is 17.1 Å². The lowest BCUT2D eigenvalue weighted by atomic mass is 9.77. The molecule has 1 fully saturated rings. The number of nitriles is 1. The largest absolute Gasteiger partial charge is 0.338 e. The van der Waals surface area contributed by atoms with Crippen molar-refractivity contribution in [3.8, 4) is 6.07 Å². The van der Waals surface area contributed by atoms with Crippen molar-refractivity contribution in [2.75, 3.05) is 13.1 Å². The first kappa shape index (κ1) is 14.9. The first-order valence-corrected chi connectivity index (χ1v) is 8.14. The van der Waals surface area contributed by atoms with Crippen LogP contribution >= 0.6 is 0 Å². The molecular formula is C18H17FN4O. The van der Waals surface area contributed by atoms with E-state index < -0.39 is 5.82 Å². The van der Waals surface area contributed by atoms with E-state index in [-0.39, 0.29) is 22.4 Å². The van der Waals surface area contributed by atoms with Crippen LogP contribution in [0.1, 0.15) is 46.4 Å². The number of hydrogen-bond acceptors (Lipinski definition) is 3. The van der Waals surface area contributed by atoms with Crippen molar-refractivity contribution >= 4 is 5.91 Å². The summed E-state index contributed by atoms with van der Waals surface area (Å²) in [5.74, 6) is -0.765. The summed E-state index contributed by atoms with van der Waals surface area (Å²) in [5, 5.41) is 16.2. The average molecular weight is 324 g/mol. The van der Waals surface area contributed by atoms with Crippen LogP contribution < -0.4 is 0 Å². The molecule has 1 aromatic heterocycles. The first-order chi connectivity index (χ1) is 11.6. The Morgan fingerprint density at radius 1 is 1.38 bits per heavy atom. The number of aromatic nitrogens is 2. The van der Waals surface area contributed by atoms with Crippen LogP contribution in [0.5, 0.6) is 0 Å². The van der Waals surface area contributed by atoms with Crippen LogP contribution in [0.2, 0.25) is 0 Å². The molecule has 1 amide bonds. The van der Waals surface area contributed by atoms with Crippen molar-refractivity contribution in [2.24, 2.45) is 0 Å². The molecule has 1 aliphatic carbocycles. The molecule has 2 aliphatic rings. The highest BCUT2D eigenvalue weighted by atomic mass is 19.1. The maximum Gasteiger partial charge on any atom is 0.254 e. The Labute approximate surface area is 139 Å². The number of hydrogen-bond donors (Lipinski definition) is 1. The molecule has 1 unspecified atom stereocenters. The Morgan fingerprint density at radius 3 is 3.08 bits per heavy atom. The fourth-order valence-electron chi connectivity index (χ4n) is 4.13. The van der Waals surface area contributed by atoms with Gasteiger partial charge in [0, 0.05) is 29.8 Å². The lowest BCUT2D eigenvalue weighted by Gasteiger charge is -2.40. The summed E-state index contributed by atoms with van der Waals surface area (Å²) < 4.78 is 13.7. The van der Waals surface area contributed by atoms with Gasteiger partial charge in [0.1, 0.15) is 5.82 Å². The van der Waals surface area contributed by atoms with Gasteiger partial charge in [-0.1, -0.05) is 0 Å². The molecule has 0 radical (unpaired) electrons. The van der Waals surface area contributed by atoms with E-state index in [1.807, 2.05) is 12.3 Å². The molecule has 2 heterocycles. The third kappa shape index (κ3) is 2.28. The van der Waals surface area contributed by atoms with Crippen molar-refractivity contribution < 1.29 is 9.18 Å². The van der Waals surface area contributed by atoms with Gasteiger partial charge in [-0.3, -0.25) is 9.89 Å². The Balaban J connectivity index is 1.63. The highest BCUT2D eigenvalue weighted by Crippen LogP contribution is 2.44. The van der Waals surface area contributed by atoms with Gasteiger partial charge in [-0.2, -0.15) is 10.4 Å². The zero-order valence-corrected chi connectivity index (χ0v) is 13.2. The number of likely N-dealkylation sites (tertiary alicyclic amines) is 1. The molecule has 1 aliphatic heterocycles. The predicted octanol–water partition coefficient (Wildman–Crippen LogP) is 2.54. The van der Waals surface area contributed by atoms with Crippen LogP contribution in [0.25, 0.3) is 0 Å². The van der Waals surface area contributed by atoms with E-state index in [9.17, 15) is 9.18 Å². The van der Waals surface area contributed by atoms with Gasteiger partial charge in [0.2, 0.25) is 0 Å². The number of nitrogens with one attached hydrogen (secondary N) is 1. The highest BCUT2D eigenvalue weighted by molar-refractivity contribution is 5.94. The smallest absolute Gasteiger partial charge is 0.254 e. The first-order valence-electron chi connectivity index (χ1n) is 8.14. The van der Waals surface area contributed by atoms with E-state index in [4.69, 9.17) is 5.26 Å². The molecular weight excluding hydrogens is 307 g/mol. The molecule has 122 valence electrons. The molecule has 6 heteroatoms. The molecule has 2 aromatic rings. The highest BCUT2D eigenvalue weighted by Gasteiger charge is 2.44. The van der Waals surface area contributed by atoms with Gasteiger partial charge >= 0.3 is 0 Å². The van der Waals surface area contributed by atoms with Crippen LogP contribution in [-0.2, 0) is 11.8 Å². The van der Waals surface area contributed by atoms with E-state index in [2.05, 4.69) is 10.2 Å². The van der Waals surface area contributed by atoms with E-state index in [0.29, 0.717) is 13.1 Å². The van der Waals surface area contributed by atoms with Crippen molar-refractivity contribution in [2.45, 2.75) is 31.1 Å². The number of amides is 1. The number of fused-ring (bicyclic) bond motifs is 2. The number of H-pyrrole nitrogens is 1. The number of halogens is 1. The van der Waals surface area contributed by atoms with E-state index in [1.54, 1.807) is 4.90 Å². The van der Waals surface area contributed by atoms with Gasteiger partial charge in [0.05, 0.1) is 17.8 Å². The van der Waals surface area contributed by atoms with Crippen LogP contribution in [0.3, 0.4) is 0 Å². The predicted molar refractivity (Wildman–Crippen MR) is 84.8 cm³/mol. The maximum absolute atomic E-state index is 13.7. The van der Waals surface area contributed by atoms with Gasteiger partial charge < -0.3 is 4.90 Å². The number of benzene rings is 1. The topological polar surface area (TPSA) is 72.8 Å². The van der Waals surface area contributed by atoms with Gasteiger partial charge in [0.25, 0.3) is 5.91 Å². The molecule has 24 heavy (non-hydrogen) atoms. The third-order valence-corrected chi connectivity index (χ3v) is 5.26. The molecule has 5 nitrogen and oxygen atoms in total. The zero-order valence-electron chi connectivity index (χ0n) is 13.2. The Bertz CT molecular complexity index is 853. The van der Waals surface area contributed by atoms with Crippen molar-refractivity contribution in [1.29, 1.82) is 5.26 Å². The summed E-state index contributed by atoms with van der Waals surface area (Å²) in [6.07, 6.45) is 5.79. The summed E-state index contributed by atoms with van der Waals surface area (Å²) in [6.45, 7) is 1.27. The van der Waals surface area contributed by atoms with E-state index >= 15 is 0 Å². The summed E-state index contributed by atoms with van der Waals surface area (Å²) >= 11 is 0. The monoisotopic (exact) mass is 324 g/mol.